The molecule has 0 saturated carbocycles. The number of rotatable bonds is 7. The Morgan fingerprint density at radius 3 is 2.65 bits per heavy atom. The van der Waals surface area contributed by atoms with Gasteiger partial charge in [-0.3, -0.25) is 9.69 Å². The van der Waals surface area contributed by atoms with E-state index in [9.17, 15) is 9.18 Å². The van der Waals surface area contributed by atoms with Crippen molar-refractivity contribution in [3.05, 3.63) is 35.1 Å². The molecule has 0 spiro atoms. The number of hydrogen-bond donors (Lipinski definition) is 2. The summed E-state index contributed by atoms with van der Waals surface area (Å²) < 4.78 is 13.3. The Balaban J connectivity index is 2.73. The first kappa shape index (κ1) is 16.6. The zero-order valence-electron chi connectivity index (χ0n) is 12.4. The summed E-state index contributed by atoms with van der Waals surface area (Å²) in [5.41, 5.74) is 7.42. The van der Waals surface area contributed by atoms with Gasteiger partial charge in [-0.05, 0) is 43.7 Å². The van der Waals surface area contributed by atoms with Crippen molar-refractivity contribution < 1.29 is 9.18 Å². The summed E-state index contributed by atoms with van der Waals surface area (Å²) in [4.78, 5) is 13.7. The van der Waals surface area contributed by atoms with E-state index in [0.29, 0.717) is 26.2 Å². The predicted octanol–water partition coefficient (Wildman–Crippen LogP) is 1.63. The summed E-state index contributed by atoms with van der Waals surface area (Å²) in [7, 11) is 0. The molecule has 4 nitrogen and oxygen atoms in total. The number of carbonyl (C=O) groups is 1. The average Bonchev–Trinajstić information content (AvgIpc) is 2.37. The SMILES string of the molecule is CCN(CC(=O)NC(C)C)Cc1cc(F)ccc1CN. The number of hydrogen-bond acceptors (Lipinski definition) is 3. The Labute approximate surface area is 120 Å². The summed E-state index contributed by atoms with van der Waals surface area (Å²) in [6.45, 7) is 7.73. The number of nitrogens with one attached hydrogen (secondary N) is 1. The van der Waals surface area contributed by atoms with Crippen LogP contribution in [0.15, 0.2) is 18.2 Å². The van der Waals surface area contributed by atoms with E-state index >= 15 is 0 Å². The maximum Gasteiger partial charge on any atom is 0.234 e. The molecule has 3 N–H and O–H groups in total. The number of nitrogens with zero attached hydrogens (tertiary/aromatic N) is 1. The van der Waals surface area contributed by atoms with Crippen LogP contribution >= 0.6 is 0 Å². The Bertz CT molecular complexity index is 449. The molecule has 112 valence electrons. The average molecular weight is 281 g/mol. The molecule has 0 aliphatic carbocycles. The van der Waals surface area contributed by atoms with Gasteiger partial charge in [0.1, 0.15) is 5.82 Å². The smallest absolute Gasteiger partial charge is 0.234 e. The molecule has 1 rings (SSSR count). The second-order valence-corrected chi connectivity index (χ2v) is 5.14. The van der Waals surface area contributed by atoms with Gasteiger partial charge in [-0.1, -0.05) is 13.0 Å². The Kier molecular flexibility index (Phi) is 6.61. The second kappa shape index (κ2) is 7.97. The molecule has 0 radical (unpaired) electrons. The summed E-state index contributed by atoms with van der Waals surface area (Å²) in [6.07, 6.45) is 0. The first-order valence-corrected chi connectivity index (χ1v) is 6.95. The lowest BCUT2D eigenvalue weighted by molar-refractivity contribution is -0.122. The van der Waals surface area contributed by atoms with Crippen LogP contribution in [0.5, 0.6) is 0 Å². The zero-order valence-corrected chi connectivity index (χ0v) is 12.4. The summed E-state index contributed by atoms with van der Waals surface area (Å²) in [5, 5.41) is 2.85. The molecule has 0 bridgehead atoms. The van der Waals surface area contributed by atoms with Gasteiger partial charge in [-0.2, -0.15) is 0 Å². The molecule has 0 fully saturated rings. The van der Waals surface area contributed by atoms with Gasteiger partial charge in [0, 0.05) is 19.1 Å². The largest absolute Gasteiger partial charge is 0.353 e. The van der Waals surface area contributed by atoms with E-state index in [1.165, 1.54) is 12.1 Å². The second-order valence-electron chi connectivity index (χ2n) is 5.14. The quantitative estimate of drug-likeness (QED) is 0.798. The highest BCUT2D eigenvalue weighted by atomic mass is 19.1. The number of nitrogens with two attached hydrogens (primary N) is 1. The van der Waals surface area contributed by atoms with Crippen molar-refractivity contribution >= 4 is 5.91 Å². The van der Waals surface area contributed by atoms with Crippen LogP contribution in [0, 0.1) is 5.82 Å². The lowest BCUT2D eigenvalue weighted by Gasteiger charge is -2.22. The van der Waals surface area contributed by atoms with Crippen LogP contribution in [0.25, 0.3) is 0 Å². The molecule has 0 atom stereocenters. The summed E-state index contributed by atoms with van der Waals surface area (Å²) >= 11 is 0. The number of carbonyl (C=O) groups excluding carboxylic acids is 1. The predicted molar refractivity (Wildman–Crippen MR) is 78.5 cm³/mol. The molecule has 5 heteroatoms. The maximum atomic E-state index is 13.3. The number of amides is 1. The van der Waals surface area contributed by atoms with E-state index < -0.39 is 0 Å². The normalized spacial score (nSPS) is 11.2. The van der Waals surface area contributed by atoms with E-state index in [4.69, 9.17) is 5.73 Å². The minimum Gasteiger partial charge on any atom is -0.353 e. The van der Waals surface area contributed by atoms with E-state index in [1.54, 1.807) is 6.07 Å². The fourth-order valence-electron chi connectivity index (χ4n) is 2.03. The zero-order chi connectivity index (χ0) is 15.1. The fraction of sp³-hybridized carbons (Fsp3) is 0.533. The van der Waals surface area contributed by atoms with Crippen molar-refractivity contribution in [1.82, 2.24) is 10.2 Å². The van der Waals surface area contributed by atoms with Crippen LogP contribution in [0.4, 0.5) is 4.39 Å². The minimum atomic E-state index is -0.278. The van der Waals surface area contributed by atoms with E-state index in [0.717, 1.165) is 11.1 Å². The molecule has 1 amide bonds. The third-order valence-corrected chi connectivity index (χ3v) is 3.05. The van der Waals surface area contributed by atoms with Gasteiger partial charge >= 0.3 is 0 Å². The van der Waals surface area contributed by atoms with Crippen LogP contribution in [-0.2, 0) is 17.9 Å². The molecule has 0 aromatic heterocycles. The lowest BCUT2D eigenvalue weighted by atomic mass is 10.1. The molecular formula is C15H24FN3O. The van der Waals surface area contributed by atoms with Crippen molar-refractivity contribution in [3.8, 4) is 0 Å². The van der Waals surface area contributed by atoms with Crippen molar-refractivity contribution in [2.45, 2.75) is 39.9 Å². The van der Waals surface area contributed by atoms with E-state index in [-0.39, 0.29) is 17.8 Å². The van der Waals surface area contributed by atoms with Crippen LogP contribution in [-0.4, -0.2) is 29.9 Å². The lowest BCUT2D eigenvalue weighted by Crippen LogP contribution is -2.39. The highest BCUT2D eigenvalue weighted by Crippen LogP contribution is 2.13. The molecule has 0 aliphatic heterocycles. The van der Waals surface area contributed by atoms with Crippen LogP contribution < -0.4 is 11.1 Å². The van der Waals surface area contributed by atoms with Crippen LogP contribution in [0.2, 0.25) is 0 Å². The van der Waals surface area contributed by atoms with Gasteiger partial charge in [0.15, 0.2) is 0 Å². The monoisotopic (exact) mass is 281 g/mol. The molecule has 20 heavy (non-hydrogen) atoms. The molecule has 0 unspecified atom stereocenters. The number of likely N-dealkylation sites (N-methyl/N-ethyl adjacent to an activating group) is 1. The van der Waals surface area contributed by atoms with Crippen LogP contribution in [0.3, 0.4) is 0 Å². The third kappa shape index (κ3) is 5.27. The Morgan fingerprint density at radius 1 is 1.40 bits per heavy atom. The Hall–Kier alpha value is -1.46. The van der Waals surface area contributed by atoms with Crippen molar-refractivity contribution in [1.29, 1.82) is 0 Å². The minimum absolute atomic E-state index is 0.0208. The third-order valence-electron chi connectivity index (χ3n) is 3.05. The number of benzene rings is 1. The van der Waals surface area contributed by atoms with Crippen LogP contribution in [0.1, 0.15) is 31.9 Å². The fourth-order valence-corrected chi connectivity index (χ4v) is 2.03. The first-order valence-electron chi connectivity index (χ1n) is 6.95. The molecule has 0 heterocycles. The highest BCUT2D eigenvalue weighted by molar-refractivity contribution is 5.78. The Morgan fingerprint density at radius 2 is 2.10 bits per heavy atom. The van der Waals surface area contributed by atoms with Gasteiger partial charge < -0.3 is 11.1 Å². The van der Waals surface area contributed by atoms with Crippen molar-refractivity contribution in [2.75, 3.05) is 13.1 Å². The molecule has 0 aliphatic rings. The number of halogens is 1. The van der Waals surface area contributed by atoms with Gasteiger partial charge in [0.2, 0.25) is 5.91 Å². The maximum absolute atomic E-state index is 13.3. The van der Waals surface area contributed by atoms with Gasteiger partial charge in [0.25, 0.3) is 0 Å². The topological polar surface area (TPSA) is 58.4 Å². The summed E-state index contributed by atoms with van der Waals surface area (Å²) in [5.74, 6) is -0.299. The standard InChI is InChI=1S/C15H24FN3O/c1-4-19(10-15(20)18-11(2)3)9-13-7-14(16)6-5-12(13)8-17/h5-7,11H,4,8-10,17H2,1-3H3,(H,18,20). The van der Waals surface area contributed by atoms with Crippen molar-refractivity contribution in [3.63, 3.8) is 0 Å². The molecule has 0 saturated heterocycles. The molecule has 1 aromatic carbocycles. The highest BCUT2D eigenvalue weighted by Gasteiger charge is 2.12. The first-order chi connectivity index (χ1) is 9.46. The van der Waals surface area contributed by atoms with E-state index in [2.05, 4.69) is 5.32 Å². The van der Waals surface area contributed by atoms with Crippen molar-refractivity contribution in [2.24, 2.45) is 5.73 Å². The summed E-state index contributed by atoms with van der Waals surface area (Å²) in [6, 6.07) is 4.72. The molecular weight excluding hydrogens is 257 g/mol. The van der Waals surface area contributed by atoms with Gasteiger partial charge in [-0.15, -0.1) is 0 Å². The molecule has 1 aromatic rings. The van der Waals surface area contributed by atoms with Gasteiger partial charge in [-0.25, -0.2) is 4.39 Å². The van der Waals surface area contributed by atoms with Gasteiger partial charge in [0.05, 0.1) is 6.54 Å². The van der Waals surface area contributed by atoms with E-state index in [1.807, 2.05) is 25.7 Å².